The molecule has 0 spiro atoms. The van der Waals surface area contributed by atoms with Gasteiger partial charge in [-0.3, -0.25) is 9.36 Å². The van der Waals surface area contributed by atoms with Crippen LogP contribution in [0, 0.1) is 0 Å². The molecule has 1 amide bonds. The van der Waals surface area contributed by atoms with Gasteiger partial charge in [-0.2, -0.15) is 0 Å². The SMILES string of the molecule is CC/C=C\C/C=C\C/C=C\C/C=C\C/C=C\C/C=C\C/C=C\CCCCCCCCCCCCCCCCCCCCCC(=O)NC(COP(=O)([O-])OCC[N+](C)(C)C)C(O)/C=C/CC/C=C/CCCCC. The summed E-state index contributed by atoms with van der Waals surface area (Å²) in [5, 5.41) is 13.7. The van der Waals surface area contributed by atoms with E-state index in [1.54, 1.807) is 6.08 Å². The largest absolute Gasteiger partial charge is 0.756 e. The Morgan fingerprint density at radius 1 is 0.500 bits per heavy atom. The number of likely N-dealkylation sites (N-methyl/N-ethyl adjacent to an activating group) is 1. The summed E-state index contributed by atoms with van der Waals surface area (Å²) in [5.41, 5.74) is 0. The number of aliphatic hydroxyl groups is 1. The van der Waals surface area contributed by atoms with Crippen molar-refractivity contribution in [2.75, 3.05) is 40.9 Å². The minimum Gasteiger partial charge on any atom is -0.756 e. The van der Waals surface area contributed by atoms with Gasteiger partial charge < -0.3 is 28.8 Å². The van der Waals surface area contributed by atoms with Crippen LogP contribution in [-0.2, 0) is 18.4 Å². The molecule has 3 atom stereocenters. The first-order chi connectivity index (χ1) is 35.0. The molecule has 9 heteroatoms. The van der Waals surface area contributed by atoms with E-state index in [2.05, 4.69) is 116 Å². The molecule has 0 fully saturated rings. The number of nitrogens with zero attached hydrogens (tertiary/aromatic N) is 1. The monoisotopic (exact) mass is 1020 g/mol. The third-order valence-corrected chi connectivity index (χ3v) is 13.4. The first kappa shape index (κ1) is 69.2. The minimum atomic E-state index is -4.60. The summed E-state index contributed by atoms with van der Waals surface area (Å²) in [6.45, 7) is 4.45. The maximum Gasteiger partial charge on any atom is 0.268 e. The number of carbonyl (C=O) groups is 1. The van der Waals surface area contributed by atoms with Crippen LogP contribution in [0.2, 0.25) is 0 Å². The summed E-state index contributed by atoms with van der Waals surface area (Å²) in [5.74, 6) is -0.212. The first-order valence-corrected chi connectivity index (χ1v) is 30.7. The predicted octanol–water partition coefficient (Wildman–Crippen LogP) is 17.3. The highest BCUT2D eigenvalue weighted by atomic mass is 31.2. The lowest BCUT2D eigenvalue weighted by molar-refractivity contribution is -0.870. The van der Waals surface area contributed by atoms with Crippen LogP contribution in [-0.4, -0.2) is 68.5 Å². The molecule has 414 valence electrons. The second-order valence-electron chi connectivity index (χ2n) is 20.6. The smallest absolute Gasteiger partial charge is 0.268 e. The number of carbonyl (C=O) groups excluding carboxylic acids is 1. The summed E-state index contributed by atoms with van der Waals surface area (Å²) in [4.78, 5) is 25.3. The van der Waals surface area contributed by atoms with Crippen LogP contribution >= 0.6 is 7.82 Å². The number of phosphoric ester groups is 1. The summed E-state index contributed by atoms with van der Waals surface area (Å²) in [6, 6.07) is -0.904. The number of quaternary nitrogens is 1. The molecule has 0 aromatic heterocycles. The standard InChI is InChI=1S/C63H111N2O6P/c1-6-8-10-12-14-16-17-18-19-20-21-22-23-24-25-26-27-28-29-30-31-32-33-34-35-36-37-38-39-40-41-42-43-44-45-46-47-49-51-53-55-57-63(67)64-61(60-71-72(68,69)70-59-58-65(3,4)5)62(66)56-54-52-50-48-15-13-11-9-7-2/h8,10,14-16,18-19,21-22,24-25,27-28,30-31,48,54,56,61-62,66H,6-7,9,11-13,17,20,23,26,29,32-47,49-53,55,57-60H2,1-5H3,(H-,64,67,68,69)/b10-8-,16-14-,19-18-,22-21-,25-24-,28-27-,31-30-,48-15+,56-54+. The number of nitrogens with one attached hydrogen (secondary N) is 1. The van der Waals surface area contributed by atoms with E-state index in [0.717, 1.165) is 83.5 Å². The quantitative estimate of drug-likeness (QED) is 0.0272. The molecule has 72 heavy (non-hydrogen) atoms. The normalized spacial score (nSPS) is 14.7. The molecular formula is C63H111N2O6P. The highest BCUT2D eigenvalue weighted by Gasteiger charge is 2.23. The fourth-order valence-electron chi connectivity index (χ4n) is 7.91. The van der Waals surface area contributed by atoms with Crippen molar-refractivity contribution in [3.8, 4) is 0 Å². The van der Waals surface area contributed by atoms with Crippen LogP contribution in [0.25, 0.3) is 0 Å². The Balaban J connectivity index is 3.88. The molecule has 0 bridgehead atoms. The van der Waals surface area contributed by atoms with Crippen molar-refractivity contribution in [3.63, 3.8) is 0 Å². The maximum absolute atomic E-state index is 12.9. The van der Waals surface area contributed by atoms with Crippen molar-refractivity contribution >= 4 is 13.7 Å². The van der Waals surface area contributed by atoms with Crippen molar-refractivity contribution in [1.29, 1.82) is 0 Å². The number of hydrogen-bond donors (Lipinski definition) is 2. The van der Waals surface area contributed by atoms with Gasteiger partial charge >= 0.3 is 0 Å². The van der Waals surface area contributed by atoms with Crippen LogP contribution < -0.4 is 10.2 Å². The summed E-state index contributed by atoms with van der Waals surface area (Å²) >= 11 is 0. The van der Waals surface area contributed by atoms with E-state index in [-0.39, 0.29) is 12.5 Å². The third-order valence-electron chi connectivity index (χ3n) is 12.5. The molecule has 0 aliphatic rings. The van der Waals surface area contributed by atoms with Crippen LogP contribution in [0.3, 0.4) is 0 Å². The second kappa shape index (κ2) is 53.0. The average Bonchev–Trinajstić information content (AvgIpc) is 3.34. The van der Waals surface area contributed by atoms with E-state index >= 15 is 0 Å². The van der Waals surface area contributed by atoms with Gasteiger partial charge in [-0.25, -0.2) is 0 Å². The Hall–Kier alpha value is -2.84. The van der Waals surface area contributed by atoms with E-state index in [4.69, 9.17) is 9.05 Å². The van der Waals surface area contributed by atoms with Crippen molar-refractivity contribution in [2.24, 2.45) is 0 Å². The highest BCUT2D eigenvalue weighted by molar-refractivity contribution is 7.45. The lowest BCUT2D eigenvalue weighted by Gasteiger charge is -2.29. The summed E-state index contributed by atoms with van der Waals surface area (Å²) < 4.78 is 23.2. The van der Waals surface area contributed by atoms with Crippen LogP contribution in [0.4, 0.5) is 0 Å². The van der Waals surface area contributed by atoms with Gasteiger partial charge in [0.1, 0.15) is 13.2 Å². The molecule has 2 N–H and O–H groups in total. The average molecular weight is 1020 g/mol. The van der Waals surface area contributed by atoms with E-state index in [9.17, 15) is 19.4 Å². The number of phosphoric acid groups is 1. The van der Waals surface area contributed by atoms with Crippen LogP contribution in [0.15, 0.2) is 109 Å². The Bertz CT molecular complexity index is 1540. The van der Waals surface area contributed by atoms with Crippen molar-refractivity contribution < 1.29 is 32.9 Å². The summed E-state index contributed by atoms with van der Waals surface area (Å²) in [7, 11) is 1.24. The van der Waals surface area contributed by atoms with Crippen molar-refractivity contribution in [2.45, 2.75) is 244 Å². The van der Waals surface area contributed by atoms with Gasteiger partial charge in [-0.1, -0.05) is 245 Å². The van der Waals surface area contributed by atoms with Crippen LogP contribution in [0.1, 0.15) is 232 Å². The second-order valence-corrected chi connectivity index (χ2v) is 22.0. The Kier molecular flexibility index (Phi) is 50.9. The number of allylic oxidation sites excluding steroid dienone is 17. The molecule has 0 rings (SSSR count). The maximum atomic E-state index is 12.9. The fraction of sp³-hybridized carbons (Fsp3) is 0.698. The van der Waals surface area contributed by atoms with Gasteiger partial charge in [0.25, 0.3) is 7.82 Å². The van der Waals surface area contributed by atoms with Gasteiger partial charge in [0.05, 0.1) is 39.9 Å². The number of unbranched alkanes of at least 4 members (excludes halogenated alkanes) is 23. The number of aliphatic hydroxyl groups excluding tert-OH is 1. The molecule has 0 aromatic rings. The van der Waals surface area contributed by atoms with E-state index < -0.39 is 26.6 Å². The molecule has 0 aliphatic carbocycles. The molecular weight excluding hydrogens is 912 g/mol. The molecule has 0 heterocycles. The molecule has 0 aromatic carbocycles. The Morgan fingerprint density at radius 2 is 0.861 bits per heavy atom. The molecule has 3 unspecified atom stereocenters. The first-order valence-electron chi connectivity index (χ1n) is 29.2. The van der Waals surface area contributed by atoms with Gasteiger partial charge in [-0.05, 0) is 89.9 Å². The lowest BCUT2D eigenvalue weighted by atomic mass is 10.0. The Labute approximate surface area is 444 Å². The molecule has 0 radical (unpaired) electrons. The van der Waals surface area contributed by atoms with Gasteiger partial charge in [0.2, 0.25) is 5.91 Å². The zero-order valence-electron chi connectivity index (χ0n) is 47.1. The molecule has 0 aliphatic heterocycles. The number of rotatable bonds is 52. The molecule has 0 saturated heterocycles. The van der Waals surface area contributed by atoms with E-state index in [1.165, 1.54) is 128 Å². The predicted molar refractivity (Wildman–Crippen MR) is 311 cm³/mol. The third kappa shape index (κ3) is 54.9. The summed E-state index contributed by atoms with van der Waals surface area (Å²) in [6.07, 6.45) is 77.8. The van der Waals surface area contributed by atoms with Crippen molar-refractivity contribution in [3.05, 3.63) is 109 Å². The van der Waals surface area contributed by atoms with Gasteiger partial charge in [0, 0.05) is 6.42 Å². The fourth-order valence-corrected chi connectivity index (χ4v) is 8.64. The zero-order chi connectivity index (χ0) is 52.7. The van der Waals surface area contributed by atoms with E-state index in [0.29, 0.717) is 17.4 Å². The van der Waals surface area contributed by atoms with Gasteiger partial charge in [0.15, 0.2) is 0 Å². The lowest BCUT2D eigenvalue weighted by Crippen LogP contribution is -2.45. The number of amides is 1. The van der Waals surface area contributed by atoms with Crippen LogP contribution in [0.5, 0.6) is 0 Å². The zero-order valence-corrected chi connectivity index (χ0v) is 48.0. The van der Waals surface area contributed by atoms with Crippen molar-refractivity contribution in [1.82, 2.24) is 5.32 Å². The molecule has 8 nitrogen and oxygen atoms in total. The molecule has 0 saturated carbocycles. The Morgan fingerprint density at radius 3 is 1.29 bits per heavy atom. The minimum absolute atomic E-state index is 0.00926. The number of hydrogen-bond acceptors (Lipinski definition) is 6. The highest BCUT2D eigenvalue weighted by Crippen LogP contribution is 2.38. The van der Waals surface area contributed by atoms with Gasteiger partial charge in [-0.15, -0.1) is 0 Å². The van der Waals surface area contributed by atoms with E-state index in [1.807, 2.05) is 27.2 Å². The topological polar surface area (TPSA) is 108 Å².